The van der Waals surface area contributed by atoms with Crippen molar-refractivity contribution in [2.75, 3.05) is 6.61 Å². The van der Waals surface area contributed by atoms with Crippen LogP contribution in [0.15, 0.2) is 53.4 Å². The Balaban J connectivity index is 2.35. The Hall–Kier alpha value is -2.18. The summed E-state index contributed by atoms with van der Waals surface area (Å²) in [6, 6.07) is 13.1. The summed E-state index contributed by atoms with van der Waals surface area (Å²) in [6.07, 6.45) is -1.34. The van der Waals surface area contributed by atoms with E-state index in [9.17, 15) is 13.2 Å². The van der Waals surface area contributed by atoms with Crippen molar-refractivity contribution in [2.24, 2.45) is 0 Å². The monoisotopic (exact) mass is 348 g/mol. The lowest BCUT2D eigenvalue weighted by molar-refractivity contribution is -0.151. The lowest BCUT2D eigenvalue weighted by atomic mass is 10.1. The Morgan fingerprint density at radius 2 is 1.46 bits per heavy atom. The van der Waals surface area contributed by atoms with Gasteiger partial charge in [0, 0.05) is 0 Å². The summed E-state index contributed by atoms with van der Waals surface area (Å²) >= 11 is 0. The minimum Gasteiger partial charge on any atom is -0.464 e. The summed E-state index contributed by atoms with van der Waals surface area (Å²) in [6.45, 7) is 5.53. The maximum absolute atomic E-state index is 12.5. The van der Waals surface area contributed by atoms with Crippen molar-refractivity contribution in [1.29, 1.82) is 0 Å². The quantitative estimate of drug-likeness (QED) is 0.592. The summed E-state index contributed by atoms with van der Waals surface area (Å²) in [5.41, 5.74) is 2.34. The molecule has 0 fully saturated rings. The number of carbonyl (C=O) groups excluding carboxylic acids is 1. The van der Waals surface area contributed by atoms with Crippen LogP contribution in [0.2, 0.25) is 0 Å². The molecule has 0 N–H and O–H groups in total. The molecule has 0 saturated carbocycles. The smallest absolute Gasteiger partial charge is 0.341 e. The molecule has 0 amide bonds. The molecule has 2 aromatic rings. The van der Waals surface area contributed by atoms with E-state index in [1.165, 1.54) is 12.1 Å². The molecule has 128 valence electrons. The highest BCUT2D eigenvalue weighted by Crippen LogP contribution is 2.25. The second-order valence-corrected chi connectivity index (χ2v) is 6.98. The van der Waals surface area contributed by atoms with E-state index < -0.39 is 22.2 Å². The highest BCUT2D eigenvalue weighted by atomic mass is 32.2. The number of aryl methyl sites for hydroxylation is 2. The van der Waals surface area contributed by atoms with Crippen LogP contribution in [0.4, 0.5) is 0 Å². The number of ether oxygens (including phenoxy) is 1. The summed E-state index contributed by atoms with van der Waals surface area (Å²) in [4.78, 5) is 12.2. The van der Waals surface area contributed by atoms with E-state index in [2.05, 4.69) is 0 Å². The third kappa shape index (κ3) is 4.43. The summed E-state index contributed by atoms with van der Waals surface area (Å²) in [7, 11) is -4.10. The van der Waals surface area contributed by atoms with E-state index in [1.807, 2.05) is 13.8 Å². The maximum atomic E-state index is 12.5. The third-order valence-corrected chi connectivity index (χ3v) is 4.71. The first-order valence-corrected chi connectivity index (χ1v) is 8.97. The Kier molecular flexibility index (Phi) is 5.75. The van der Waals surface area contributed by atoms with Crippen molar-refractivity contribution in [3.05, 3.63) is 65.2 Å². The van der Waals surface area contributed by atoms with Gasteiger partial charge in [0.1, 0.15) is 0 Å². The van der Waals surface area contributed by atoms with E-state index in [0.717, 1.165) is 11.1 Å². The Morgan fingerprint density at radius 1 is 0.958 bits per heavy atom. The maximum Gasteiger partial charge on any atom is 0.341 e. The average Bonchev–Trinajstić information content (AvgIpc) is 2.54. The van der Waals surface area contributed by atoms with E-state index in [4.69, 9.17) is 8.92 Å². The number of carbonyl (C=O) groups is 1. The number of benzene rings is 2. The molecule has 0 saturated heterocycles. The first-order valence-electron chi connectivity index (χ1n) is 7.56. The molecule has 24 heavy (non-hydrogen) atoms. The van der Waals surface area contributed by atoms with Crippen molar-refractivity contribution in [3.63, 3.8) is 0 Å². The van der Waals surface area contributed by atoms with Gasteiger partial charge in [-0.15, -0.1) is 0 Å². The number of esters is 1. The molecule has 0 aromatic heterocycles. The Morgan fingerprint density at radius 3 is 1.96 bits per heavy atom. The Labute approximate surface area is 142 Å². The lowest BCUT2D eigenvalue weighted by Gasteiger charge is -2.17. The van der Waals surface area contributed by atoms with Gasteiger partial charge >= 0.3 is 5.97 Å². The SMILES string of the molecule is CCOC(=O)C(OS(=O)(=O)c1ccc(C)cc1)c1ccc(C)cc1. The van der Waals surface area contributed by atoms with Crippen molar-refractivity contribution in [3.8, 4) is 0 Å². The zero-order valence-electron chi connectivity index (χ0n) is 13.9. The fraction of sp³-hybridized carbons (Fsp3) is 0.278. The van der Waals surface area contributed by atoms with Gasteiger partial charge in [-0.05, 0) is 38.5 Å². The van der Waals surface area contributed by atoms with E-state index >= 15 is 0 Å². The van der Waals surface area contributed by atoms with E-state index in [0.29, 0.717) is 5.56 Å². The largest absolute Gasteiger partial charge is 0.464 e. The second kappa shape index (κ2) is 7.59. The third-order valence-electron chi connectivity index (χ3n) is 3.41. The van der Waals surface area contributed by atoms with Gasteiger partial charge in [0.05, 0.1) is 11.5 Å². The summed E-state index contributed by atoms with van der Waals surface area (Å²) in [5, 5.41) is 0. The molecular weight excluding hydrogens is 328 g/mol. The predicted molar refractivity (Wildman–Crippen MR) is 90.0 cm³/mol. The van der Waals surface area contributed by atoms with Crippen LogP contribution in [-0.4, -0.2) is 21.0 Å². The minimum absolute atomic E-state index is 0.00508. The molecule has 1 unspecified atom stereocenters. The van der Waals surface area contributed by atoms with Gasteiger partial charge in [0.25, 0.3) is 10.1 Å². The van der Waals surface area contributed by atoms with Gasteiger partial charge in [-0.3, -0.25) is 0 Å². The summed E-state index contributed by atoms with van der Waals surface area (Å²) in [5.74, 6) is -0.739. The van der Waals surface area contributed by atoms with Crippen LogP contribution in [0.5, 0.6) is 0 Å². The molecule has 6 heteroatoms. The van der Waals surface area contributed by atoms with Crippen LogP contribution in [0, 0.1) is 13.8 Å². The van der Waals surface area contributed by atoms with Crippen LogP contribution < -0.4 is 0 Å². The van der Waals surface area contributed by atoms with E-state index in [1.54, 1.807) is 43.3 Å². The highest BCUT2D eigenvalue weighted by molar-refractivity contribution is 7.86. The van der Waals surface area contributed by atoms with Gasteiger partial charge in [-0.25, -0.2) is 8.98 Å². The van der Waals surface area contributed by atoms with Gasteiger partial charge in [-0.2, -0.15) is 8.42 Å². The van der Waals surface area contributed by atoms with Crippen LogP contribution in [-0.2, 0) is 23.8 Å². The van der Waals surface area contributed by atoms with Crippen LogP contribution >= 0.6 is 0 Å². The average molecular weight is 348 g/mol. The number of hydrogen-bond acceptors (Lipinski definition) is 5. The first kappa shape index (κ1) is 18.2. The van der Waals surface area contributed by atoms with Crippen molar-refractivity contribution in [2.45, 2.75) is 31.8 Å². The molecule has 0 radical (unpaired) electrons. The zero-order chi connectivity index (χ0) is 17.7. The predicted octanol–water partition coefficient (Wildman–Crippen LogP) is 3.31. The van der Waals surface area contributed by atoms with Crippen molar-refractivity contribution in [1.82, 2.24) is 0 Å². The molecule has 2 aromatic carbocycles. The Bertz CT molecular complexity index is 792. The fourth-order valence-electron chi connectivity index (χ4n) is 2.08. The van der Waals surface area contributed by atoms with Crippen LogP contribution in [0.25, 0.3) is 0 Å². The van der Waals surface area contributed by atoms with Crippen molar-refractivity contribution >= 4 is 16.1 Å². The molecular formula is C18H20O5S. The number of hydrogen-bond donors (Lipinski definition) is 0. The van der Waals surface area contributed by atoms with Gasteiger partial charge in [0.15, 0.2) is 6.10 Å². The normalized spacial score (nSPS) is 12.6. The first-order chi connectivity index (χ1) is 11.3. The molecule has 5 nitrogen and oxygen atoms in total. The summed E-state index contributed by atoms with van der Waals surface area (Å²) < 4.78 is 35.1. The van der Waals surface area contributed by atoms with Crippen LogP contribution in [0.1, 0.15) is 29.7 Å². The highest BCUT2D eigenvalue weighted by Gasteiger charge is 2.30. The molecule has 0 aliphatic rings. The van der Waals surface area contributed by atoms with Crippen LogP contribution in [0.3, 0.4) is 0 Å². The number of rotatable bonds is 6. The molecule has 0 bridgehead atoms. The minimum atomic E-state index is -4.10. The van der Waals surface area contributed by atoms with E-state index in [-0.39, 0.29) is 11.5 Å². The van der Waals surface area contributed by atoms with Gasteiger partial charge in [0.2, 0.25) is 0 Å². The molecule has 0 spiro atoms. The zero-order valence-corrected chi connectivity index (χ0v) is 14.7. The topological polar surface area (TPSA) is 69.7 Å². The second-order valence-electron chi connectivity index (χ2n) is 5.41. The van der Waals surface area contributed by atoms with Crippen molar-refractivity contribution < 1.29 is 22.1 Å². The standard InChI is InChI=1S/C18H20O5S/c1-4-22-18(19)17(15-9-5-13(2)6-10-15)23-24(20,21)16-11-7-14(3)8-12-16/h5-12,17H,4H2,1-3H3. The fourth-order valence-corrected chi connectivity index (χ4v) is 3.10. The molecule has 0 heterocycles. The lowest BCUT2D eigenvalue weighted by Crippen LogP contribution is -2.22. The van der Waals surface area contributed by atoms with Gasteiger partial charge < -0.3 is 4.74 Å². The molecule has 0 aliphatic heterocycles. The van der Waals surface area contributed by atoms with Gasteiger partial charge in [-0.1, -0.05) is 47.5 Å². The molecule has 2 rings (SSSR count). The molecule has 0 aliphatic carbocycles. The molecule has 1 atom stereocenters.